The molecule has 1 unspecified atom stereocenters. The van der Waals surface area contributed by atoms with Crippen LogP contribution in [0.15, 0.2) is 48.7 Å². The van der Waals surface area contributed by atoms with Gasteiger partial charge in [-0.3, -0.25) is 24.4 Å². The summed E-state index contributed by atoms with van der Waals surface area (Å²) in [7, 11) is 1.95. The van der Waals surface area contributed by atoms with E-state index >= 15 is 0 Å². The van der Waals surface area contributed by atoms with Gasteiger partial charge >= 0.3 is 0 Å². The summed E-state index contributed by atoms with van der Waals surface area (Å²) in [6.07, 6.45) is 6.23. The SMILES string of the molecule is Cn1ncc(-c2ccc3c(c2)CN(C2CCC(=O)NC2=O)C3=O)c1-c1cccc(N2CCCCC2)c1. The first-order valence-corrected chi connectivity index (χ1v) is 12.6. The van der Waals surface area contributed by atoms with Gasteiger partial charge in [-0.15, -0.1) is 0 Å². The molecule has 0 bridgehead atoms. The van der Waals surface area contributed by atoms with Crippen molar-refractivity contribution < 1.29 is 14.4 Å². The highest BCUT2D eigenvalue weighted by Gasteiger charge is 2.39. The summed E-state index contributed by atoms with van der Waals surface area (Å²) in [6, 6.07) is 13.9. The van der Waals surface area contributed by atoms with E-state index in [1.165, 1.54) is 24.9 Å². The van der Waals surface area contributed by atoms with Crippen molar-refractivity contribution in [2.24, 2.45) is 7.05 Å². The van der Waals surface area contributed by atoms with Gasteiger partial charge in [0.1, 0.15) is 6.04 Å². The van der Waals surface area contributed by atoms with Crippen LogP contribution in [0.3, 0.4) is 0 Å². The van der Waals surface area contributed by atoms with Crippen LogP contribution < -0.4 is 10.2 Å². The summed E-state index contributed by atoms with van der Waals surface area (Å²) >= 11 is 0. The normalized spacial score (nSPS) is 20.0. The molecule has 6 rings (SSSR count). The largest absolute Gasteiger partial charge is 0.372 e. The average molecular weight is 484 g/mol. The van der Waals surface area contributed by atoms with Crippen LogP contribution in [-0.4, -0.2) is 51.5 Å². The van der Waals surface area contributed by atoms with Crippen LogP contribution in [0, 0.1) is 0 Å². The molecule has 1 atom stereocenters. The molecular formula is C28H29N5O3. The van der Waals surface area contributed by atoms with Crippen molar-refractivity contribution in [3.63, 3.8) is 0 Å². The molecule has 2 aromatic carbocycles. The highest BCUT2D eigenvalue weighted by atomic mass is 16.2. The van der Waals surface area contributed by atoms with Crippen molar-refractivity contribution in [1.82, 2.24) is 20.0 Å². The lowest BCUT2D eigenvalue weighted by molar-refractivity contribution is -0.136. The Balaban J connectivity index is 1.31. The topological polar surface area (TPSA) is 87.5 Å². The molecule has 3 aliphatic rings. The lowest BCUT2D eigenvalue weighted by Crippen LogP contribution is -2.52. The molecule has 2 saturated heterocycles. The van der Waals surface area contributed by atoms with Gasteiger partial charge in [-0.25, -0.2) is 0 Å². The first-order valence-electron chi connectivity index (χ1n) is 12.6. The molecule has 8 nitrogen and oxygen atoms in total. The highest BCUT2D eigenvalue weighted by Crippen LogP contribution is 2.37. The molecule has 2 fully saturated rings. The number of aromatic nitrogens is 2. The number of carbonyl (C=O) groups excluding carboxylic acids is 3. The predicted octanol–water partition coefficient (Wildman–Crippen LogP) is 3.51. The third kappa shape index (κ3) is 3.86. The molecule has 3 amide bonds. The number of benzene rings is 2. The van der Waals surface area contributed by atoms with E-state index < -0.39 is 11.9 Å². The number of rotatable bonds is 4. The number of hydrogen-bond donors (Lipinski definition) is 1. The summed E-state index contributed by atoms with van der Waals surface area (Å²) in [5.74, 6) is -0.835. The van der Waals surface area contributed by atoms with Crippen LogP contribution in [0.4, 0.5) is 5.69 Å². The molecule has 0 spiro atoms. The highest BCUT2D eigenvalue weighted by molar-refractivity contribution is 6.05. The Bertz CT molecular complexity index is 1370. The first-order chi connectivity index (χ1) is 17.5. The quantitative estimate of drug-likeness (QED) is 0.574. The Morgan fingerprint density at radius 3 is 2.58 bits per heavy atom. The van der Waals surface area contributed by atoms with E-state index in [2.05, 4.69) is 39.6 Å². The second-order valence-corrected chi connectivity index (χ2v) is 9.90. The lowest BCUT2D eigenvalue weighted by atomic mass is 9.97. The van der Waals surface area contributed by atoms with E-state index in [0.717, 1.165) is 41.0 Å². The standard InChI is InChI=1S/C28H29N5O3/c1-31-26(19-6-5-7-21(15-19)32-12-3-2-4-13-32)23(16-29-31)18-8-9-22-20(14-18)17-33(28(22)36)24-10-11-25(34)30-27(24)35/h5-9,14-16,24H,2-4,10-13,17H2,1H3,(H,30,34,35). The van der Waals surface area contributed by atoms with Gasteiger partial charge in [0.25, 0.3) is 5.91 Å². The maximum atomic E-state index is 13.1. The van der Waals surface area contributed by atoms with Gasteiger partial charge in [0.2, 0.25) is 11.8 Å². The third-order valence-electron chi connectivity index (χ3n) is 7.61. The monoisotopic (exact) mass is 483 g/mol. The number of piperidine rings is 2. The molecular weight excluding hydrogens is 454 g/mol. The van der Waals surface area contributed by atoms with Crippen molar-refractivity contribution in [2.45, 2.75) is 44.7 Å². The van der Waals surface area contributed by atoms with Crippen molar-refractivity contribution in [3.05, 3.63) is 59.8 Å². The van der Waals surface area contributed by atoms with Crippen LogP contribution in [-0.2, 0) is 23.2 Å². The average Bonchev–Trinajstić information content (AvgIpc) is 3.44. The van der Waals surface area contributed by atoms with E-state index in [1.54, 1.807) is 4.90 Å². The van der Waals surface area contributed by atoms with Crippen molar-refractivity contribution in [3.8, 4) is 22.4 Å². The van der Waals surface area contributed by atoms with Gasteiger partial charge in [0, 0.05) is 55.5 Å². The third-order valence-corrected chi connectivity index (χ3v) is 7.61. The minimum Gasteiger partial charge on any atom is -0.372 e. The maximum Gasteiger partial charge on any atom is 0.255 e. The number of hydrogen-bond acceptors (Lipinski definition) is 5. The van der Waals surface area contributed by atoms with Gasteiger partial charge in [0.05, 0.1) is 11.9 Å². The van der Waals surface area contributed by atoms with Gasteiger partial charge in [-0.2, -0.15) is 5.10 Å². The number of amides is 3. The number of carbonyl (C=O) groups is 3. The van der Waals surface area contributed by atoms with E-state index in [-0.39, 0.29) is 18.2 Å². The fourth-order valence-electron chi connectivity index (χ4n) is 5.74. The first kappa shape index (κ1) is 22.5. The summed E-state index contributed by atoms with van der Waals surface area (Å²) < 4.78 is 1.90. The molecule has 1 aromatic heterocycles. The molecule has 0 radical (unpaired) electrons. The molecule has 36 heavy (non-hydrogen) atoms. The Morgan fingerprint density at radius 2 is 1.78 bits per heavy atom. The summed E-state index contributed by atoms with van der Waals surface area (Å²) in [4.78, 5) is 41.1. The molecule has 0 saturated carbocycles. The Hall–Kier alpha value is -3.94. The van der Waals surface area contributed by atoms with Crippen LogP contribution in [0.5, 0.6) is 0 Å². The minimum atomic E-state index is -0.613. The summed E-state index contributed by atoms with van der Waals surface area (Å²) in [6.45, 7) is 2.53. The Morgan fingerprint density at radius 1 is 0.944 bits per heavy atom. The Kier molecular flexibility index (Phi) is 5.59. The Labute approximate surface area is 209 Å². The van der Waals surface area contributed by atoms with Crippen molar-refractivity contribution >= 4 is 23.4 Å². The molecule has 3 aromatic rings. The zero-order chi connectivity index (χ0) is 24.8. The van der Waals surface area contributed by atoms with Crippen molar-refractivity contribution in [1.29, 1.82) is 0 Å². The smallest absolute Gasteiger partial charge is 0.255 e. The molecule has 8 heteroatoms. The van der Waals surface area contributed by atoms with Crippen LogP contribution in [0.1, 0.15) is 48.0 Å². The van der Waals surface area contributed by atoms with E-state index in [0.29, 0.717) is 18.5 Å². The summed E-state index contributed by atoms with van der Waals surface area (Å²) in [5.41, 5.74) is 6.86. The molecule has 1 N–H and O–H groups in total. The number of fused-ring (bicyclic) bond motifs is 1. The lowest BCUT2D eigenvalue weighted by Gasteiger charge is -2.29. The molecule has 0 aliphatic carbocycles. The number of anilines is 1. The van der Waals surface area contributed by atoms with Crippen LogP contribution in [0.25, 0.3) is 22.4 Å². The van der Waals surface area contributed by atoms with Crippen LogP contribution >= 0.6 is 0 Å². The zero-order valence-corrected chi connectivity index (χ0v) is 20.4. The van der Waals surface area contributed by atoms with Gasteiger partial charge in [0.15, 0.2) is 0 Å². The number of nitrogens with one attached hydrogen (secondary N) is 1. The van der Waals surface area contributed by atoms with Gasteiger partial charge in [-0.1, -0.05) is 18.2 Å². The summed E-state index contributed by atoms with van der Waals surface area (Å²) in [5, 5.41) is 6.93. The van der Waals surface area contributed by atoms with Crippen molar-refractivity contribution in [2.75, 3.05) is 18.0 Å². The fraction of sp³-hybridized carbons (Fsp3) is 0.357. The zero-order valence-electron chi connectivity index (χ0n) is 20.4. The minimum absolute atomic E-state index is 0.160. The van der Waals surface area contributed by atoms with E-state index in [9.17, 15) is 14.4 Å². The predicted molar refractivity (Wildman–Crippen MR) is 136 cm³/mol. The maximum absolute atomic E-state index is 13.1. The number of aryl methyl sites for hydroxylation is 1. The molecule has 4 heterocycles. The van der Waals surface area contributed by atoms with Gasteiger partial charge < -0.3 is 9.80 Å². The van der Waals surface area contributed by atoms with E-state index in [4.69, 9.17) is 0 Å². The molecule has 3 aliphatic heterocycles. The van der Waals surface area contributed by atoms with E-state index in [1.807, 2.05) is 36.1 Å². The second-order valence-electron chi connectivity index (χ2n) is 9.90. The van der Waals surface area contributed by atoms with Gasteiger partial charge in [-0.05, 0) is 61.1 Å². The van der Waals surface area contributed by atoms with Crippen LogP contribution in [0.2, 0.25) is 0 Å². The fourth-order valence-corrected chi connectivity index (χ4v) is 5.74. The number of nitrogens with zero attached hydrogens (tertiary/aromatic N) is 4. The second kappa shape index (κ2) is 8.93. The molecule has 184 valence electrons. The number of imide groups is 1.